The van der Waals surface area contributed by atoms with Gasteiger partial charge < -0.3 is 10.1 Å². The number of hydrogen-bond donors (Lipinski definition) is 1. The van der Waals surface area contributed by atoms with E-state index in [4.69, 9.17) is 4.74 Å². The van der Waals surface area contributed by atoms with E-state index in [2.05, 4.69) is 26.1 Å². The maximum atomic E-state index is 5.58. The molecule has 2 nitrogen and oxygen atoms in total. The van der Waals surface area contributed by atoms with Crippen molar-refractivity contribution < 1.29 is 4.74 Å². The minimum atomic E-state index is 0.228. The zero-order valence-corrected chi connectivity index (χ0v) is 9.94. The Morgan fingerprint density at radius 1 is 1.36 bits per heavy atom. The summed E-state index contributed by atoms with van der Waals surface area (Å²) in [7, 11) is 0. The number of hydrogen-bond acceptors (Lipinski definition) is 2. The Hall–Kier alpha value is -0.0800. The van der Waals surface area contributed by atoms with E-state index in [0.717, 1.165) is 19.6 Å². The van der Waals surface area contributed by atoms with Crippen LogP contribution in [-0.4, -0.2) is 24.8 Å². The summed E-state index contributed by atoms with van der Waals surface area (Å²) in [5.74, 6) is 0. The van der Waals surface area contributed by atoms with Crippen LogP contribution in [0.5, 0.6) is 0 Å². The van der Waals surface area contributed by atoms with Crippen LogP contribution in [0.3, 0.4) is 0 Å². The highest BCUT2D eigenvalue weighted by Crippen LogP contribution is 2.24. The molecule has 2 unspecified atom stereocenters. The molecular weight excluding hydrogens is 174 g/mol. The highest BCUT2D eigenvalue weighted by molar-refractivity contribution is 4.93. The molecule has 0 saturated carbocycles. The number of nitrogens with one attached hydrogen (secondary N) is 1. The molecule has 0 radical (unpaired) electrons. The summed E-state index contributed by atoms with van der Waals surface area (Å²) in [6.45, 7) is 8.77. The summed E-state index contributed by atoms with van der Waals surface area (Å²) >= 11 is 0. The van der Waals surface area contributed by atoms with Gasteiger partial charge in [-0.05, 0) is 33.2 Å². The van der Waals surface area contributed by atoms with Gasteiger partial charge in [0.15, 0.2) is 0 Å². The van der Waals surface area contributed by atoms with Crippen molar-refractivity contribution in [2.45, 2.75) is 64.5 Å². The lowest BCUT2D eigenvalue weighted by Crippen LogP contribution is -2.48. The molecule has 0 amide bonds. The summed E-state index contributed by atoms with van der Waals surface area (Å²) in [6, 6.07) is 0. The molecule has 0 aromatic heterocycles. The van der Waals surface area contributed by atoms with E-state index < -0.39 is 0 Å². The van der Waals surface area contributed by atoms with Crippen molar-refractivity contribution >= 4 is 0 Å². The van der Waals surface area contributed by atoms with E-state index in [9.17, 15) is 0 Å². The van der Waals surface area contributed by atoms with Crippen LogP contribution in [0.2, 0.25) is 0 Å². The molecule has 1 fully saturated rings. The van der Waals surface area contributed by atoms with Gasteiger partial charge in [0, 0.05) is 12.1 Å². The second kappa shape index (κ2) is 5.72. The van der Waals surface area contributed by atoms with E-state index in [-0.39, 0.29) is 5.54 Å². The quantitative estimate of drug-likeness (QED) is 0.664. The summed E-state index contributed by atoms with van der Waals surface area (Å²) < 4.78 is 5.58. The first-order valence-corrected chi connectivity index (χ1v) is 6.05. The van der Waals surface area contributed by atoms with Crippen molar-refractivity contribution in [1.82, 2.24) is 5.32 Å². The van der Waals surface area contributed by atoms with Crippen molar-refractivity contribution in [3.8, 4) is 0 Å². The van der Waals surface area contributed by atoms with Crippen LogP contribution in [0.1, 0.15) is 52.9 Å². The van der Waals surface area contributed by atoms with Gasteiger partial charge >= 0.3 is 0 Å². The van der Waals surface area contributed by atoms with Gasteiger partial charge in [-0.1, -0.05) is 26.2 Å². The third-order valence-corrected chi connectivity index (χ3v) is 3.45. The van der Waals surface area contributed by atoms with Gasteiger partial charge in [-0.15, -0.1) is 0 Å². The number of rotatable bonds is 6. The summed E-state index contributed by atoms with van der Waals surface area (Å²) in [5, 5.41) is 3.64. The topological polar surface area (TPSA) is 21.3 Å². The standard InChI is InChI=1S/C12H25NO/c1-4-5-6-7-9-13-12(3)8-10-14-11(12)2/h11,13H,4-10H2,1-3H3. The third-order valence-electron chi connectivity index (χ3n) is 3.45. The molecule has 1 aliphatic rings. The molecule has 1 saturated heterocycles. The molecule has 14 heavy (non-hydrogen) atoms. The van der Waals surface area contributed by atoms with Crippen LogP contribution in [0.25, 0.3) is 0 Å². The average Bonchev–Trinajstić information content (AvgIpc) is 2.47. The van der Waals surface area contributed by atoms with Crippen molar-refractivity contribution in [2.75, 3.05) is 13.2 Å². The van der Waals surface area contributed by atoms with E-state index in [1.165, 1.54) is 25.7 Å². The number of unbranched alkanes of at least 4 members (excludes halogenated alkanes) is 3. The summed E-state index contributed by atoms with van der Waals surface area (Å²) in [5.41, 5.74) is 0.228. The van der Waals surface area contributed by atoms with E-state index in [1.807, 2.05) is 0 Å². The monoisotopic (exact) mass is 199 g/mol. The first-order valence-electron chi connectivity index (χ1n) is 6.05. The van der Waals surface area contributed by atoms with Crippen LogP contribution in [0, 0.1) is 0 Å². The van der Waals surface area contributed by atoms with Crippen LogP contribution in [0.15, 0.2) is 0 Å². The SMILES string of the molecule is CCCCCCNC1(C)CCOC1C. The molecule has 0 aliphatic carbocycles. The van der Waals surface area contributed by atoms with Gasteiger partial charge in [0.05, 0.1) is 6.10 Å². The Kier molecular flexibility index (Phi) is 4.90. The van der Waals surface area contributed by atoms with Crippen LogP contribution >= 0.6 is 0 Å². The van der Waals surface area contributed by atoms with Gasteiger partial charge in [-0.3, -0.25) is 0 Å². The van der Waals surface area contributed by atoms with Crippen molar-refractivity contribution in [3.05, 3.63) is 0 Å². The summed E-state index contributed by atoms with van der Waals surface area (Å²) in [4.78, 5) is 0. The fourth-order valence-electron chi connectivity index (χ4n) is 1.99. The Morgan fingerprint density at radius 2 is 2.14 bits per heavy atom. The maximum Gasteiger partial charge on any atom is 0.0726 e. The van der Waals surface area contributed by atoms with Crippen LogP contribution in [-0.2, 0) is 4.74 Å². The minimum Gasteiger partial charge on any atom is -0.377 e. The maximum absolute atomic E-state index is 5.58. The smallest absolute Gasteiger partial charge is 0.0726 e. The first-order chi connectivity index (χ1) is 6.69. The molecule has 2 heteroatoms. The minimum absolute atomic E-state index is 0.228. The molecule has 0 bridgehead atoms. The molecular formula is C12H25NO. The Bertz CT molecular complexity index is 160. The van der Waals surface area contributed by atoms with E-state index in [1.54, 1.807) is 0 Å². The summed E-state index contributed by atoms with van der Waals surface area (Å²) in [6.07, 6.45) is 6.86. The zero-order chi connectivity index (χ0) is 10.4. The number of ether oxygens (including phenoxy) is 1. The van der Waals surface area contributed by atoms with Crippen molar-refractivity contribution in [3.63, 3.8) is 0 Å². The van der Waals surface area contributed by atoms with Gasteiger partial charge in [-0.25, -0.2) is 0 Å². The third kappa shape index (κ3) is 3.25. The average molecular weight is 199 g/mol. The molecule has 1 heterocycles. The normalized spacial score (nSPS) is 32.4. The Balaban J connectivity index is 2.10. The molecule has 1 N–H and O–H groups in total. The molecule has 2 atom stereocenters. The van der Waals surface area contributed by atoms with E-state index >= 15 is 0 Å². The predicted molar refractivity (Wildman–Crippen MR) is 60.6 cm³/mol. The van der Waals surface area contributed by atoms with Gasteiger partial charge in [0.1, 0.15) is 0 Å². The van der Waals surface area contributed by atoms with Crippen LogP contribution < -0.4 is 5.32 Å². The lowest BCUT2D eigenvalue weighted by molar-refractivity contribution is 0.0886. The highest BCUT2D eigenvalue weighted by Gasteiger charge is 2.35. The largest absolute Gasteiger partial charge is 0.377 e. The van der Waals surface area contributed by atoms with Gasteiger partial charge in [0.2, 0.25) is 0 Å². The van der Waals surface area contributed by atoms with Crippen molar-refractivity contribution in [1.29, 1.82) is 0 Å². The second-order valence-corrected chi connectivity index (χ2v) is 4.67. The molecule has 1 aliphatic heterocycles. The zero-order valence-electron chi connectivity index (χ0n) is 9.94. The van der Waals surface area contributed by atoms with Gasteiger partial charge in [0.25, 0.3) is 0 Å². The fraction of sp³-hybridized carbons (Fsp3) is 1.00. The van der Waals surface area contributed by atoms with Gasteiger partial charge in [-0.2, -0.15) is 0 Å². The fourth-order valence-corrected chi connectivity index (χ4v) is 1.99. The molecule has 0 aromatic rings. The Morgan fingerprint density at radius 3 is 2.71 bits per heavy atom. The predicted octanol–water partition coefficient (Wildman–Crippen LogP) is 2.72. The molecule has 0 spiro atoms. The van der Waals surface area contributed by atoms with E-state index in [0.29, 0.717) is 6.10 Å². The van der Waals surface area contributed by atoms with Crippen molar-refractivity contribution in [2.24, 2.45) is 0 Å². The Labute approximate surface area is 88.4 Å². The second-order valence-electron chi connectivity index (χ2n) is 4.67. The lowest BCUT2D eigenvalue weighted by Gasteiger charge is -2.29. The molecule has 0 aromatic carbocycles. The highest BCUT2D eigenvalue weighted by atomic mass is 16.5. The lowest BCUT2D eigenvalue weighted by atomic mass is 9.94. The molecule has 1 rings (SSSR count). The van der Waals surface area contributed by atoms with Crippen LogP contribution in [0.4, 0.5) is 0 Å². The first kappa shape index (κ1) is 12.0. The molecule has 84 valence electrons.